The van der Waals surface area contributed by atoms with Crippen molar-refractivity contribution in [1.29, 1.82) is 0 Å². The fourth-order valence-corrected chi connectivity index (χ4v) is 2.14. The topological polar surface area (TPSA) is 52.3 Å². The van der Waals surface area contributed by atoms with Gasteiger partial charge < -0.3 is 10.5 Å². The van der Waals surface area contributed by atoms with Gasteiger partial charge in [0.1, 0.15) is 12.1 Å². The minimum Gasteiger partial charge on any atom is -0.457 e. The first-order chi connectivity index (χ1) is 10.2. The van der Waals surface area contributed by atoms with Gasteiger partial charge in [0.15, 0.2) is 0 Å². The van der Waals surface area contributed by atoms with Crippen LogP contribution in [0.2, 0.25) is 0 Å². The molecule has 2 aromatic rings. The Balaban J connectivity index is 1.82. The first-order valence-corrected chi connectivity index (χ1v) is 7.22. The van der Waals surface area contributed by atoms with Crippen molar-refractivity contribution in [3.05, 3.63) is 71.8 Å². The van der Waals surface area contributed by atoms with Crippen LogP contribution in [0.15, 0.2) is 60.7 Å². The van der Waals surface area contributed by atoms with Gasteiger partial charge in [-0.15, -0.1) is 0 Å². The van der Waals surface area contributed by atoms with Gasteiger partial charge in [-0.05, 0) is 30.9 Å². The van der Waals surface area contributed by atoms with E-state index in [1.54, 1.807) is 0 Å². The van der Waals surface area contributed by atoms with Crippen LogP contribution < -0.4 is 5.73 Å². The van der Waals surface area contributed by atoms with Crippen molar-refractivity contribution in [3.63, 3.8) is 0 Å². The smallest absolute Gasteiger partial charge is 0.323 e. The molecule has 2 N–H and O–H groups in total. The summed E-state index contributed by atoms with van der Waals surface area (Å²) in [5.41, 5.74) is 8.07. The molecule has 0 aliphatic rings. The molecule has 2 rings (SSSR count). The standard InChI is InChI=1S/C18H21NO2/c1-14(16-10-6-3-7-11-16)21-18(20)17(19)13-12-15-8-4-2-5-9-15/h2-11,14,17H,12-13,19H2,1H3/t14?,17-/m0/s1. The Hall–Kier alpha value is -2.13. The third-order valence-corrected chi connectivity index (χ3v) is 3.45. The van der Waals surface area contributed by atoms with Gasteiger partial charge in [-0.2, -0.15) is 0 Å². The quantitative estimate of drug-likeness (QED) is 0.828. The van der Waals surface area contributed by atoms with Gasteiger partial charge >= 0.3 is 5.97 Å². The van der Waals surface area contributed by atoms with Gasteiger partial charge in [-0.3, -0.25) is 4.79 Å². The van der Waals surface area contributed by atoms with E-state index < -0.39 is 6.04 Å². The molecule has 0 aliphatic carbocycles. The molecule has 0 fully saturated rings. The zero-order valence-electron chi connectivity index (χ0n) is 12.2. The molecule has 2 aromatic carbocycles. The zero-order valence-corrected chi connectivity index (χ0v) is 12.2. The van der Waals surface area contributed by atoms with E-state index in [1.165, 1.54) is 5.56 Å². The van der Waals surface area contributed by atoms with E-state index in [0.717, 1.165) is 12.0 Å². The molecule has 0 bridgehead atoms. The monoisotopic (exact) mass is 283 g/mol. The number of carbonyl (C=O) groups is 1. The largest absolute Gasteiger partial charge is 0.457 e. The molecule has 0 saturated heterocycles. The maximum absolute atomic E-state index is 12.0. The number of benzene rings is 2. The van der Waals surface area contributed by atoms with E-state index in [0.29, 0.717) is 6.42 Å². The molecule has 21 heavy (non-hydrogen) atoms. The number of ether oxygens (including phenoxy) is 1. The highest BCUT2D eigenvalue weighted by Gasteiger charge is 2.18. The first-order valence-electron chi connectivity index (χ1n) is 7.22. The molecule has 3 heteroatoms. The Morgan fingerprint density at radius 2 is 1.62 bits per heavy atom. The molecule has 0 amide bonds. The second-order valence-electron chi connectivity index (χ2n) is 5.12. The molecule has 0 radical (unpaired) electrons. The molecule has 3 nitrogen and oxygen atoms in total. The zero-order chi connectivity index (χ0) is 15.1. The van der Waals surface area contributed by atoms with Crippen LogP contribution >= 0.6 is 0 Å². The Morgan fingerprint density at radius 1 is 1.05 bits per heavy atom. The molecule has 0 aliphatic heterocycles. The van der Waals surface area contributed by atoms with E-state index >= 15 is 0 Å². The van der Waals surface area contributed by atoms with E-state index in [9.17, 15) is 4.79 Å². The van der Waals surface area contributed by atoms with E-state index in [2.05, 4.69) is 0 Å². The summed E-state index contributed by atoms with van der Waals surface area (Å²) in [6, 6.07) is 19.1. The number of hydrogen-bond donors (Lipinski definition) is 1. The molecule has 0 heterocycles. The Kier molecular flexibility index (Phi) is 5.52. The van der Waals surface area contributed by atoms with Crippen molar-refractivity contribution in [2.45, 2.75) is 31.9 Å². The second-order valence-corrected chi connectivity index (χ2v) is 5.12. The lowest BCUT2D eigenvalue weighted by Crippen LogP contribution is -2.33. The highest BCUT2D eigenvalue weighted by atomic mass is 16.5. The Bertz CT molecular complexity index is 554. The fourth-order valence-electron chi connectivity index (χ4n) is 2.14. The average molecular weight is 283 g/mol. The number of nitrogens with two attached hydrogens (primary N) is 1. The van der Waals surface area contributed by atoms with Crippen LogP contribution in [-0.2, 0) is 16.0 Å². The average Bonchev–Trinajstić information content (AvgIpc) is 2.54. The van der Waals surface area contributed by atoms with Crippen LogP contribution in [0.4, 0.5) is 0 Å². The summed E-state index contributed by atoms with van der Waals surface area (Å²) in [5.74, 6) is -0.345. The first kappa shape index (κ1) is 15.3. The second kappa shape index (κ2) is 7.60. The third-order valence-electron chi connectivity index (χ3n) is 3.45. The highest BCUT2D eigenvalue weighted by Crippen LogP contribution is 2.17. The number of rotatable bonds is 6. The maximum Gasteiger partial charge on any atom is 0.323 e. The summed E-state index contributed by atoms with van der Waals surface area (Å²) in [4.78, 5) is 12.0. The Morgan fingerprint density at radius 3 is 2.24 bits per heavy atom. The number of hydrogen-bond acceptors (Lipinski definition) is 3. The minimum atomic E-state index is -0.587. The molecule has 110 valence electrons. The van der Waals surface area contributed by atoms with Gasteiger partial charge in [0, 0.05) is 0 Å². The predicted octanol–water partition coefficient (Wildman–Crippen LogP) is 3.25. The number of carbonyl (C=O) groups excluding carboxylic acids is 1. The van der Waals surface area contributed by atoms with Crippen molar-refractivity contribution in [1.82, 2.24) is 0 Å². The van der Waals surface area contributed by atoms with Crippen molar-refractivity contribution in [2.24, 2.45) is 5.73 Å². The summed E-state index contributed by atoms with van der Waals surface area (Å²) < 4.78 is 5.42. The lowest BCUT2D eigenvalue weighted by molar-refractivity contribution is -0.150. The van der Waals surface area contributed by atoms with Crippen LogP contribution in [0.5, 0.6) is 0 Å². The van der Waals surface area contributed by atoms with Gasteiger partial charge in [-0.1, -0.05) is 60.7 Å². The van der Waals surface area contributed by atoms with Gasteiger partial charge in [-0.25, -0.2) is 0 Å². The molecule has 1 unspecified atom stereocenters. The highest BCUT2D eigenvalue weighted by molar-refractivity contribution is 5.75. The SMILES string of the molecule is CC(OC(=O)[C@@H](N)CCc1ccccc1)c1ccccc1. The van der Waals surface area contributed by atoms with Crippen LogP contribution in [-0.4, -0.2) is 12.0 Å². The number of aryl methyl sites for hydroxylation is 1. The van der Waals surface area contributed by atoms with E-state index in [-0.39, 0.29) is 12.1 Å². The lowest BCUT2D eigenvalue weighted by Gasteiger charge is -2.17. The van der Waals surface area contributed by atoms with Crippen LogP contribution in [0.3, 0.4) is 0 Å². The molecule has 2 atom stereocenters. The third kappa shape index (κ3) is 4.72. The summed E-state index contributed by atoms with van der Waals surface area (Å²) in [7, 11) is 0. The maximum atomic E-state index is 12.0. The number of esters is 1. The molecule has 0 aromatic heterocycles. The summed E-state index contributed by atoms with van der Waals surface area (Å²) in [5, 5.41) is 0. The lowest BCUT2D eigenvalue weighted by atomic mass is 10.1. The summed E-state index contributed by atoms with van der Waals surface area (Å²) >= 11 is 0. The van der Waals surface area contributed by atoms with Gasteiger partial charge in [0.2, 0.25) is 0 Å². The Labute approximate surface area is 125 Å². The van der Waals surface area contributed by atoms with Crippen LogP contribution in [0.1, 0.15) is 30.6 Å². The van der Waals surface area contributed by atoms with Crippen molar-refractivity contribution in [2.75, 3.05) is 0 Å². The van der Waals surface area contributed by atoms with Crippen LogP contribution in [0, 0.1) is 0 Å². The molecule has 0 saturated carbocycles. The van der Waals surface area contributed by atoms with Crippen molar-refractivity contribution >= 4 is 5.97 Å². The minimum absolute atomic E-state index is 0.276. The molecular formula is C18H21NO2. The summed E-state index contributed by atoms with van der Waals surface area (Å²) in [6.07, 6.45) is 1.09. The van der Waals surface area contributed by atoms with Crippen LogP contribution in [0.25, 0.3) is 0 Å². The van der Waals surface area contributed by atoms with E-state index in [4.69, 9.17) is 10.5 Å². The summed E-state index contributed by atoms with van der Waals surface area (Å²) in [6.45, 7) is 1.86. The van der Waals surface area contributed by atoms with Crippen molar-refractivity contribution < 1.29 is 9.53 Å². The predicted molar refractivity (Wildman–Crippen MR) is 83.7 cm³/mol. The molecular weight excluding hydrogens is 262 g/mol. The van der Waals surface area contributed by atoms with Crippen molar-refractivity contribution in [3.8, 4) is 0 Å². The van der Waals surface area contributed by atoms with Gasteiger partial charge in [0.25, 0.3) is 0 Å². The fraction of sp³-hybridized carbons (Fsp3) is 0.278. The van der Waals surface area contributed by atoms with Gasteiger partial charge in [0.05, 0.1) is 0 Å². The van der Waals surface area contributed by atoms with E-state index in [1.807, 2.05) is 67.6 Å². The normalized spacial score (nSPS) is 13.4. The molecule has 0 spiro atoms.